The van der Waals surface area contributed by atoms with E-state index < -0.39 is 11.9 Å². The zero-order chi connectivity index (χ0) is 14.1. The maximum absolute atomic E-state index is 12.0. The van der Waals surface area contributed by atoms with Crippen molar-refractivity contribution in [3.05, 3.63) is 42.1 Å². The summed E-state index contributed by atoms with van der Waals surface area (Å²) in [4.78, 5) is 29.0. The van der Waals surface area contributed by atoms with Gasteiger partial charge in [-0.2, -0.15) is 5.10 Å². The Morgan fingerprint density at radius 2 is 2.15 bits per heavy atom. The van der Waals surface area contributed by atoms with E-state index in [0.29, 0.717) is 5.69 Å². The van der Waals surface area contributed by atoms with Crippen LogP contribution < -0.4 is 5.32 Å². The predicted molar refractivity (Wildman–Crippen MR) is 69.6 cm³/mol. The van der Waals surface area contributed by atoms with Crippen LogP contribution >= 0.6 is 0 Å². The number of fused-ring (bicyclic) bond motifs is 1. The summed E-state index contributed by atoms with van der Waals surface area (Å²) in [5, 5.41) is 19.0. The molecule has 0 fully saturated rings. The number of hydrogen-bond acceptors (Lipinski definition) is 4. The molecule has 0 saturated carbocycles. The number of aromatic carboxylic acids is 1. The highest BCUT2D eigenvalue weighted by Gasteiger charge is 2.19. The van der Waals surface area contributed by atoms with Crippen LogP contribution in [-0.2, 0) is 0 Å². The van der Waals surface area contributed by atoms with E-state index in [1.165, 1.54) is 0 Å². The Bertz CT molecular complexity index is 804. The first-order valence-corrected chi connectivity index (χ1v) is 5.66. The number of nitrogens with one attached hydrogen (secondary N) is 3. The minimum absolute atomic E-state index is 0.162. The molecule has 0 atom stereocenters. The molecule has 0 spiro atoms. The number of aromatic amines is 2. The molecular formula is C12H9N5O3. The van der Waals surface area contributed by atoms with E-state index in [9.17, 15) is 9.59 Å². The number of carbonyl (C=O) groups excluding carboxylic acids is 1. The second-order valence-electron chi connectivity index (χ2n) is 4.06. The van der Waals surface area contributed by atoms with Gasteiger partial charge in [0.05, 0.1) is 18.0 Å². The molecule has 8 nitrogen and oxygen atoms in total. The lowest BCUT2D eigenvalue weighted by atomic mass is 10.2. The van der Waals surface area contributed by atoms with Crippen LogP contribution in [0.2, 0.25) is 0 Å². The van der Waals surface area contributed by atoms with E-state index >= 15 is 0 Å². The minimum Gasteiger partial charge on any atom is -0.477 e. The molecule has 3 aromatic rings. The van der Waals surface area contributed by atoms with Crippen LogP contribution in [0.1, 0.15) is 21.0 Å². The van der Waals surface area contributed by atoms with Gasteiger partial charge in [0.1, 0.15) is 0 Å². The molecule has 0 aliphatic heterocycles. The van der Waals surface area contributed by atoms with Gasteiger partial charge < -0.3 is 15.4 Å². The molecule has 3 rings (SSSR count). The second kappa shape index (κ2) is 4.50. The number of nitrogens with zero attached hydrogens (tertiary/aromatic N) is 2. The Morgan fingerprint density at radius 3 is 2.95 bits per heavy atom. The fraction of sp³-hybridized carbons (Fsp3) is 0. The Labute approximate surface area is 111 Å². The molecule has 1 aromatic carbocycles. The highest BCUT2D eigenvalue weighted by atomic mass is 16.4. The average molecular weight is 271 g/mol. The first kappa shape index (κ1) is 11.9. The van der Waals surface area contributed by atoms with Crippen LogP contribution in [-0.4, -0.2) is 37.1 Å². The van der Waals surface area contributed by atoms with E-state index in [0.717, 1.165) is 17.2 Å². The molecule has 2 aromatic heterocycles. The van der Waals surface area contributed by atoms with Crippen molar-refractivity contribution < 1.29 is 14.7 Å². The van der Waals surface area contributed by atoms with Crippen LogP contribution in [0.5, 0.6) is 0 Å². The van der Waals surface area contributed by atoms with Crippen LogP contribution in [0.3, 0.4) is 0 Å². The molecule has 8 heteroatoms. The molecule has 20 heavy (non-hydrogen) atoms. The zero-order valence-corrected chi connectivity index (χ0v) is 10.0. The Balaban J connectivity index is 1.88. The van der Waals surface area contributed by atoms with Crippen molar-refractivity contribution in [3.8, 4) is 0 Å². The van der Waals surface area contributed by atoms with Gasteiger partial charge in [-0.1, -0.05) is 0 Å². The summed E-state index contributed by atoms with van der Waals surface area (Å²) >= 11 is 0. The van der Waals surface area contributed by atoms with Crippen molar-refractivity contribution in [1.29, 1.82) is 0 Å². The lowest BCUT2D eigenvalue weighted by molar-refractivity contribution is 0.0686. The summed E-state index contributed by atoms with van der Waals surface area (Å²) < 4.78 is 0. The van der Waals surface area contributed by atoms with Gasteiger partial charge in [0, 0.05) is 11.1 Å². The van der Waals surface area contributed by atoms with E-state index in [-0.39, 0.29) is 11.4 Å². The Morgan fingerprint density at radius 1 is 1.30 bits per heavy atom. The SMILES string of the molecule is O=C(Nc1ccc2[nH]ncc2c1)c1nc[nH]c1C(=O)O. The molecule has 4 N–H and O–H groups in total. The van der Waals surface area contributed by atoms with E-state index in [1.807, 2.05) is 0 Å². The summed E-state index contributed by atoms with van der Waals surface area (Å²) in [6.45, 7) is 0. The third-order valence-corrected chi connectivity index (χ3v) is 2.77. The third kappa shape index (κ3) is 1.99. The number of amides is 1. The number of carboxylic acids is 1. The molecule has 0 bridgehead atoms. The minimum atomic E-state index is -1.24. The third-order valence-electron chi connectivity index (χ3n) is 2.77. The molecule has 0 aliphatic carbocycles. The van der Waals surface area contributed by atoms with Crippen LogP contribution in [0.15, 0.2) is 30.7 Å². The Kier molecular flexibility index (Phi) is 2.68. The lowest BCUT2D eigenvalue weighted by Gasteiger charge is -2.04. The highest BCUT2D eigenvalue weighted by molar-refractivity contribution is 6.09. The van der Waals surface area contributed by atoms with E-state index in [1.54, 1.807) is 24.4 Å². The molecule has 1 amide bonds. The molecular weight excluding hydrogens is 262 g/mol. The number of hydrogen-bond donors (Lipinski definition) is 4. The van der Waals surface area contributed by atoms with Gasteiger partial charge in [0.25, 0.3) is 5.91 Å². The second-order valence-corrected chi connectivity index (χ2v) is 4.06. The number of rotatable bonds is 3. The van der Waals surface area contributed by atoms with Gasteiger partial charge in [0.15, 0.2) is 11.4 Å². The molecule has 2 heterocycles. The van der Waals surface area contributed by atoms with Gasteiger partial charge in [-0.05, 0) is 18.2 Å². The number of aromatic nitrogens is 4. The van der Waals surface area contributed by atoms with Crippen molar-refractivity contribution in [2.24, 2.45) is 0 Å². The lowest BCUT2D eigenvalue weighted by Crippen LogP contribution is -2.16. The van der Waals surface area contributed by atoms with E-state index in [2.05, 4.69) is 25.5 Å². The van der Waals surface area contributed by atoms with Gasteiger partial charge >= 0.3 is 5.97 Å². The number of imidazole rings is 1. The van der Waals surface area contributed by atoms with Crippen molar-refractivity contribution >= 4 is 28.5 Å². The largest absolute Gasteiger partial charge is 0.477 e. The number of carboxylic acid groups (broad SMARTS) is 1. The maximum Gasteiger partial charge on any atom is 0.354 e. The highest BCUT2D eigenvalue weighted by Crippen LogP contribution is 2.17. The fourth-order valence-corrected chi connectivity index (χ4v) is 1.84. The van der Waals surface area contributed by atoms with E-state index in [4.69, 9.17) is 5.11 Å². The molecule has 0 aliphatic rings. The summed E-state index contributed by atoms with van der Waals surface area (Å²) in [5.74, 6) is -1.83. The average Bonchev–Trinajstić information content (AvgIpc) is 3.06. The summed E-state index contributed by atoms with van der Waals surface area (Å²) in [6.07, 6.45) is 2.79. The standard InChI is InChI=1S/C12H9N5O3/c18-11(9-10(12(19)20)14-5-13-9)16-7-1-2-8-6(3-7)4-15-17-8/h1-5H,(H,13,14)(H,15,17)(H,16,18)(H,19,20). The monoisotopic (exact) mass is 271 g/mol. The van der Waals surface area contributed by atoms with Crippen molar-refractivity contribution in [3.63, 3.8) is 0 Å². The van der Waals surface area contributed by atoms with Gasteiger partial charge in [-0.15, -0.1) is 0 Å². The van der Waals surface area contributed by atoms with Gasteiger partial charge in [-0.3, -0.25) is 9.89 Å². The van der Waals surface area contributed by atoms with Crippen molar-refractivity contribution in [2.75, 3.05) is 5.32 Å². The van der Waals surface area contributed by atoms with Crippen molar-refractivity contribution in [1.82, 2.24) is 20.2 Å². The maximum atomic E-state index is 12.0. The molecule has 0 saturated heterocycles. The zero-order valence-electron chi connectivity index (χ0n) is 10.0. The number of anilines is 1. The Hall–Kier alpha value is -3.16. The topological polar surface area (TPSA) is 124 Å². The van der Waals surface area contributed by atoms with Crippen molar-refractivity contribution in [2.45, 2.75) is 0 Å². The quantitative estimate of drug-likeness (QED) is 0.570. The van der Waals surface area contributed by atoms with Crippen LogP contribution in [0, 0.1) is 0 Å². The predicted octanol–water partition coefficient (Wildman–Crippen LogP) is 1.24. The normalized spacial score (nSPS) is 10.6. The number of benzene rings is 1. The summed E-state index contributed by atoms with van der Waals surface area (Å²) in [7, 11) is 0. The molecule has 100 valence electrons. The smallest absolute Gasteiger partial charge is 0.354 e. The first-order chi connectivity index (χ1) is 9.65. The number of carbonyl (C=O) groups is 2. The fourth-order valence-electron chi connectivity index (χ4n) is 1.84. The van der Waals surface area contributed by atoms with Crippen LogP contribution in [0.25, 0.3) is 10.9 Å². The van der Waals surface area contributed by atoms with Gasteiger partial charge in [-0.25, -0.2) is 9.78 Å². The summed E-state index contributed by atoms with van der Waals surface area (Å²) in [5.41, 5.74) is 0.967. The first-order valence-electron chi connectivity index (χ1n) is 5.66. The number of H-pyrrole nitrogens is 2. The summed E-state index contributed by atoms with van der Waals surface area (Å²) in [6, 6.07) is 5.18. The van der Waals surface area contributed by atoms with Gasteiger partial charge in [0.2, 0.25) is 0 Å². The molecule has 0 radical (unpaired) electrons. The van der Waals surface area contributed by atoms with Crippen LogP contribution in [0.4, 0.5) is 5.69 Å². The molecule has 0 unspecified atom stereocenters.